The Hall–Kier alpha value is -2.73. The van der Waals surface area contributed by atoms with Gasteiger partial charge < -0.3 is 25.0 Å². The van der Waals surface area contributed by atoms with Gasteiger partial charge in [-0.3, -0.25) is 4.99 Å². The Kier molecular flexibility index (Phi) is 8.62. The van der Waals surface area contributed by atoms with Crippen LogP contribution in [-0.2, 0) is 13.1 Å². The van der Waals surface area contributed by atoms with E-state index in [9.17, 15) is 0 Å². The lowest BCUT2D eigenvalue weighted by atomic mass is 10.1. The number of hydrogen-bond acceptors (Lipinski definition) is 4. The highest BCUT2D eigenvalue weighted by molar-refractivity contribution is 5.79. The highest BCUT2D eigenvalue weighted by Gasteiger charge is 2.07. The molecule has 6 heteroatoms. The largest absolute Gasteiger partial charge is 0.497 e. The van der Waals surface area contributed by atoms with Gasteiger partial charge >= 0.3 is 0 Å². The average Bonchev–Trinajstić information content (AvgIpc) is 2.69. The van der Waals surface area contributed by atoms with Gasteiger partial charge in [0.15, 0.2) is 5.96 Å². The second kappa shape index (κ2) is 11.2. The van der Waals surface area contributed by atoms with E-state index in [0.717, 1.165) is 24.0 Å². The van der Waals surface area contributed by atoms with E-state index in [1.54, 1.807) is 14.2 Å². The highest BCUT2D eigenvalue weighted by Crippen LogP contribution is 2.19. The smallest absolute Gasteiger partial charge is 0.191 e. The first kappa shape index (κ1) is 21.6. The van der Waals surface area contributed by atoms with Gasteiger partial charge in [0, 0.05) is 26.2 Å². The first-order valence-corrected chi connectivity index (χ1v) is 9.48. The zero-order chi connectivity index (χ0) is 20.4. The van der Waals surface area contributed by atoms with E-state index in [4.69, 9.17) is 9.47 Å². The molecule has 0 aromatic heterocycles. The number of benzene rings is 2. The van der Waals surface area contributed by atoms with Crippen molar-refractivity contribution in [1.82, 2.24) is 15.5 Å². The minimum absolute atomic E-state index is 0.0176. The van der Waals surface area contributed by atoms with Gasteiger partial charge in [0.05, 0.1) is 13.7 Å². The van der Waals surface area contributed by atoms with E-state index >= 15 is 0 Å². The Morgan fingerprint density at radius 2 is 1.71 bits per heavy atom. The average molecular weight is 385 g/mol. The molecule has 6 nitrogen and oxygen atoms in total. The summed E-state index contributed by atoms with van der Waals surface area (Å²) in [5.74, 6) is 2.32. The third-order valence-corrected chi connectivity index (χ3v) is 4.14. The Labute approximate surface area is 168 Å². The summed E-state index contributed by atoms with van der Waals surface area (Å²) in [6, 6.07) is 16.2. The van der Waals surface area contributed by atoms with Crippen molar-refractivity contribution in [3.05, 3.63) is 59.7 Å². The summed E-state index contributed by atoms with van der Waals surface area (Å²) in [6.07, 6.45) is -0.0176. The fourth-order valence-electron chi connectivity index (χ4n) is 2.72. The van der Waals surface area contributed by atoms with Crippen LogP contribution in [-0.4, -0.2) is 51.8 Å². The van der Waals surface area contributed by atoms with Crippen molar-refractivity contribution in [2.75, 3.05) is 34.8 Å². The van der Waals surface area contributed by atoms with Crippen LogP contribution < -0.4 is 20.1 Å². The lowest BCUT2D eigenvalue weighted by molar-refractivity contribution is 0.223. The lowest BCUT2D eigenvalue weighted by Crippen LogP contribution is -2.41. The molecule has 0 aliphatic rings. The van der Waals surface area contributed by atoms with Crippen molar-refractivity contribution in [2.24, 2.45) is 4.99 Å². The van der Waals surface area contributed by atoms with Gasteiger partial charge in [-0.25, -0.2) is 0 Å². The molecule has 28 heavy (non-hydrogen) atoms. The minimum atomic E-state index is -0.0176. The van der Waals surface area contributed by atoms with Crippen LogP contribution in [0.15, 0.2) is 53.5 Å². The normalized spacial score (nSPS) is 12.6. The summed E-state index contributed by atoms with van der Waals surface area (Å²) in [5, 5.41) is 6.64. The zero-order valence-corrected chi connectivity index (χ0v) is 17.5. The fourth-order valence-corrected chi connectivity index (χ4v) is 2.72. The summed E-state index contributed by atoms with van der Waals surface area (Å²) in [5.41, 5.74) is 2.52. The lowest BCUT2D eigenvalue weighted by Gasteiger charge is -2.18. The van der Waals surface area contributed by atoms with Gasteiger partial charge in [-0.05, 0) is 44.3 Å². The molecule has 0 aliphatic carbocycles. The van der Waals surface area contributed by atoms with Crippen LogP contribution in [0.1, 0.15) is 18.1 Å². The Balaban J connectivity index is 1.77. The summed E-state index contributed by atoms with van der Waals surface area (Å²) in [4.78, 5) is 6.44. The van der Waals surface area contributed by atoms with Crippen LogP contribution in [0.5, 0.6) is 11.5 Å². The monoisotopic (exact) mass is 384 g/mol. The molecule has 0 fully saturated rings. The van der Waals surface area contributed by atoms with E-state index < -0.39 is 0 Å². The molecule has 1 atom stereocenters. The molecule has 2 N–H and O–H groups in total. The van der Waals surface area contributed by atoms with E-state index in [0.29, 0.717) is 13.1 Å². The third-order valence-electron chi connectivity index (χ3n) is 4.14. The van der Waals surface area contributed by atoms with Gasteiger partial charge in [-0.2, -0.15) is 0 Å². The molecule has 0 saturated carbocycles. The molecule has 2 rings (SSSR count). The van der Waals surface area contributed by atoms with E-state index in [-0.39, 0.29) is 6.10 Å². The highest BCUT2D eigenvalue weighted by atomic mass is 16.5. The molecular formula is C22H32N4O2. The first-order chi connectivity index (χ1) is 13.5. The number of hydrogen-bond donors (Lipinski definition) is 2. The standard InChI is InChI=1S/C22H32N4O2/c1-17(28-21-8-6-7-20(13-21)27-5)14-24-22(23-2)25-15-18-9-11-19(12-10-18)16-26(3)4/h6-13,17H,14-16H2,1-5H3,(H2,23,24,25). The van der Waals surface area contributed by atoms with Gasteiger partial charge in [0.2, 0.25) is 0 Å². The molecule has 0 saturated heterocycles. The number of methoxy groups -OCH3 is 1. The predicted molar refractivity (Wildman–Crippen MR) is 115 cm³/mol. The maximum atomic E-state index is 5.93. The third kappa shape index (κ3) is 7.48. The van der Waals surface area contributed by atoms with Crippen LogP contribution >= 0.6 is 0 Å². The quantitative estimate of drug-likeness (QED) is 0.514. The Morgan fingerprint density at radius 3 is 2.36 bits per heavy atom. The number of guanidine groups is 1. The molecule has 152 valence electrons. The summed E-state index contributed by atoms with van der Waals surface area (Å²) in [6.45, 7) is 4.32. The first-order valence-electron chi connectivity index (χ1n) is 9.48. The molecule has 0 radical (unpaired) electrons. The van der Waals surface area contributed by atoms with Crippen molar-refractivity contribution in [1.29, 1.82) is 0 Å². The van der Waals surface area contributed by atoms with Crippen LogP contribution in [0, 0.1) is 0 Å². The summed E-state index contributed by atoms with van der Waals surface area (Å²) < 4.78 is 11.2. The van der Waals surface area contributed by atoms with E-state index in [1.807, 2.05) is 31.2 Å². The topological polar surface area (TPSA) is 58.1 Å². The van der Waals surface area contributed by atoms with Gasteiger partial charge in [-0.1, -0.05) is 30.3 Å². The van der Waals surface area contributed by atoms with E-state index in [1.165, 1.54) is 11.1 Å². The van der Waals surface area contributed by atoms with Crippen LogP contribution in [0.2, 0.25) is 0 Å². The zero-order valence-electron chi connectivity index (χ0n) is 17.5. The van der Waals surface area contributed by atoms with E-state index in [2.05, 4.69) is 58.9 Å². The fraction of sp³-hybridized carbons (Fsp3) is 0.409. The maximum Gasteiger partial charge on any atom is 0.191 e. The molecule has 0 spiro atoms. The molecule has 0 aliphatic heterocycles. The molecule has 0 bridgehead atoms. The molecule has 0 heterocycles. The summed E-state index contributed by atoms with van der Waals surface area (Å²) in [7, 11) is 7.56. The van der Waals surface area contributed by atoms with Crippen molar-refractivity contribution in [2.45, 2.75) is 26.1 Å². The second-order valence-electron chi connectivity index (χ2n) is 6.97. The van der Waals surface area contributed by atoms with Crippen molar-refractivity contribution < 1.29 is 9.47 Å². The molecule has 2 aromatic carbocycles. The van der Waals surface area contributed by atoms with Gasteiger partial charge in [0.25, 0.3) is 0 Å². The second-order valence-corrected chi connectivity index (χ2v) is 6.97. The number of nitrogens with one attached hydrogen (secondary N) is 2. The van der Waals surface area contributed by atoms with Crippen LogP contribution in [0.25, 0.3) is 0 Å². The van der Waals surface area contributed by atoms with Crippen LogP contribution in [0.4, 0.5) is 0 Å². The molecule has 0 amide bonds. The minimum Gasteiger partial charge on any atom is -0.497 e. The number of aliphatic imine (C=N–C) groups is 1. The molecular weight excluding hydrogens is 352 g/mol. The number of ether oxygens (including phenoxy) is 2. The van der Waals surface area contributed by atoms with Crippen LogP contribution in [0.3, 0.4) is 0 Å². The maximum absolute atomic E-state index is 5.93. The Bertz CT molecular complexity index is 744. The number of rotatable bonds is 9. The predicted octanol–water partition coefficient (Wildman–Crippen LogP) is 2.89. The van der Waals surface area contributed by atoms with Gasteiger partial charge in [-0.15, -0.1) is 0 Å². The molecule has 2 aromatic rings. The van der Waals surface area contributed by atoms with Crippen molar-refractivity contribution >= 4 is 5.96 Å². The summed E-state index contributed by atoms with van der Waals surface area (Å²) >= 11 is 0. The SMILES string of the molecule is CN=C(NCc1ccc(CN(C)C)cc1)NCC(C)Oc1cccc(OC)c1. The van der Waals surface area contributed by atoms with Crippen molar-refractivity contribution in [3.63, 3.8) is 0 Å². The van der Waals surface area contributed by atoms with Crippen molar-refractivity contribution in [3.8, 4) is 11.5 Å². The molecule has 1 unspecified atom stereocenters. The Morgan fingerprint density at radius 1 is 1.04 bits per heavy atom. The number of nitrogens with zero attached hydrogens (tertiary/aromatic N) is 2. The van der Waals surface area contributed by atoms with Gasteiger partial charge in [0.1, 0.15) is 17.6 Å².